The van der Waals surface area contributed by atoms with Crippen LogP contribution in [0.2, 0.25) is 0 Å². The molecule has 0 aliphatic carbocycles. The van der Waals surface area contributed by atoms with Gasteiger partial charge in [0.05, 0.1) is 18.2 Å². The first-order chi connectivity index (χ1) is 6.56. The lowest BCUT2D eigenvalue weighted by atomic mass is 10.1. The molecule has 2 N–H and O–H groups in total. The molecule has 0 radical (unpaired) electrons. The molecule has 0 spiro atoms. The maximum atomic E-state index is 12.6. The zero-order chi connectivity index (χ0) is 10.7. The summed E-state index contributed by atoms with van der Waals surface area (Å²) in [4.78, 5) is 3.72. The van der Waals surface area contributed by atoms with E-state index in [1.54, 1.807) is 6.07 Å². The molecule has 0 unspecified atom stereocenters. The molecule has 74 valence electrons. The van der Waals surface area contributed by atoms with Gasteiger partial charge in [0, 0.05) is 5.56 Å². The van der Waals surface area contributed by atoms with Gasteiger partial charge in [-0.25, -0.2) is 13.8 Å². The van der Waals surface area contributed by atoms with Gasteiger partial charge < -0.3 is 5.73 Å². The lowest BCUT2D eigenvalue weighted by Gasteiger charge is -2.09. The quantitative estimate of drug-likeness (QED) is 0.788. The Balaban J connectivity index is 3.30. The summed E-state index contributed by atoms with van der Waals surface area (Å²) in [5.74, 6) is 0.164. The molecule has 0 fully saturated rings. The summed E-state index contributed by atoms with van der Waals surface area (Å²) in [7, 11) is 0. The number of alkyl halides is 2. The van der Waals surface area contributed by atoms with Crippen molar-refractivity contribution in [2.75, 3.05) is 5.73 Å². The van der Waals surface area contributed by atoms with Gasteiger partial charge in [0.1, 0.15) is 5.82 Å². The van der Waals surface area contributed by atoms with Crippen LogP contribution < -0.4 is 5.73 Å². The zero-order valence-electron chi connectivity index (χ0n) is 7.59. The number of halogens is 2. The number of nitrogens with zero attached hydrogens (tertiary/aromatic N) is 2. The van der Waals surface area contributed by atoms with Crippen LogP contribution in [0.1, 0.15) is 23.2 Å². The van der Waals surface area contributed by atoms with E-state index in [2.05, 4.69) is 4.98 Å². The summed E-state index contributed by atoms with van der Waals surface area (Å²) in [5, 5.41) is 8.43. The van der Waals surface area contributed by atoms with Gasteiger partial charge in [-0.1, -0.05) is 0 Å². The van der Waals surface area contributed by atoms with Crippen LogP contribution >= 0.6 is 0 Å². The van der Waals surface area contributed by atoms with Crippen LogP contribution in [0.4, 0.5) is 14.6 Å². The highest BCUT2D eigenvalue weighted by Gasteiger charge is 2.17. The van der Waals surface area contributed by atoms with Crippen molar-refractivity contribution < 1.29 is 8.78 Å². The second kappa shape index (κ2) is 4.01. The summed E-state index contributed by atoms with van der Waals surface area (Å²) in [5.41, 5.74) is 5.66. The summed E-state index contributed by atoms with van der Waals surface area (Å²) in [6.07, 6.45) is -2.77. The number of hydrogen-bond acceptors (Lipinski definition) is 3. The van der Waals surface area contributed by atoms with E-state index >= 15 is 0 Å². The fourth-order valence-electron chi connectivity index (χ4n) is 1.28. The number of hydrogen-bond donors (Lipinski definition) is 1. The normalized spacial score (nSPS) is 10.2. The average molecular weight is 197 g/mol. The summed E-state index contributed by atoms with van der Waals surface area (Å²) in [6.45, 7) is 1.53. The molecule has 0 saturated carbocycles. The molecule has 0 amide bonds. The van der Waals surface area contributed by atoms with Gasteiger partial charge in [0.15, 0.2) is 0 Å². The van der Waals surface area contributed by atoms with E-state index in [1.807, 2.05) is 0 Å². The molecule has 1 heterocycles. The van der Waals surface area contributed by atoms with Gasteiger partial charge in [-0.05, 0) is 18.6 Å². The third kappa shape index (κ3) is 1.96. The third-order valence-electron chi connectivity index (χ3n) is 1.83. The number of aryl methyl sites for hydroxylation is 1. The van der Waals surface area contributed by atoms with E-state index in [0.717, 1.165) is 0 Å². The molecule has 0 atom stereocenters. The first kappa shape index (κ1) is 10.4. The van der Waals surface area contributed by atoms with Crippen molar-refractivity contribution in [2.24, 2.45) is 0 Å². The molecular weight excluding hydrogens is 188 g/mol. The Morgan fingerprint density at radius 3 is 2.79 bits per heavy atom. The largest absolute Gasteiger partial charge is 0.384 e. The SMILES string of the molecule is Cc1cc(N)nc(CC#N)c1C(F)F. The lowest BCUT2D eigenvalue weighted by Crippen LogP contribution is -2.04. The summed E-state index contributed by atoms with van der Waals surface area (Å²) >= 11 is 0. The Kier molecular flexibility index (Phi) is 2.97. The highest BCUT2D eigenvalue weighted by Crippen LogP contribution is 2.26. The number of nitrogen functional groups attached to an aromatic ring is 1. The molecule has 1 aromatic heterocycles. The molecular formula is C9H9F2N3. The second-order valence-corrected chi connectivity index (χ2v) is 2.86. The standard InChI is InChI=1S/C9H9F2N3/c1-5-4-7(13)14-6(2-3-12)8(5)9(10)11/h4,9H,2H2,1H3,(H2,13,14). The van der Waals surface area contributed by atoms with Gasteiger partial charge in [-0.2, -0.15) is 5.26 Å². The lowest BCUT2D eigenvalue weighted by molar-refractivity contribution is 0.149. The Morgan fingerprint density at radius 1 is 1.64 bits per heavy atom. The minimum atomic E-state index is -2.62. The Labute approximate surface area is 80.2 Å². The van der Waals surface area contributed by atoms with Gasteiger partial charge in [-0.3, -0.25) is 0 Å². The summed E-state index contributed by atoms with van der Waals surface area (Å²) < 4.78 is 25.1. The van der Waals surface area contributed by atoms with Crippen LogP contribution in [0, 0.1) is 18.3 Å². The van der Waals surface area contributed by atoms with Gasteiger partial charge in [0.2, 0.25) is 0 Å². The fraction of sp³-hybridized carbons (Fsp3) is 0.333. The van der Waals surface area contributed by atoms with Crippen molar-refractivity contribution in [3.8, 4) is 6.07 Å². The van der Waals surface area contributed by atoms with Crippen molar-refractivity contribution >= 4 is 5.82 Å². The number of anilines is 1. The maximum absolute atomic E-state index is 12.6. The highest BCUT2D eigenvalue weighted by molar-refractivity contribution is 5.42. The van der Waals surface area contributed by atoms with E-state index in [9.17, 15) is 8.78 Å². The zero-order valence-corrected chi connectivity index (χ0v) is 7.59. The average Bonchev–Trinajstić information content (AvgIpc) is 2.01. The van der Waals surface area contributed by atoms with Gasteiger partial charge in [0.25, 0.3) is 6.43 Å². The Morgan fingerprint density at radius 2 is 2.29 bits per heavy atom. The molecule has 1 rings (SSSR count). The third-order valence-corrected chi connectivity index (χ3v) is 1.83. The Bertz CT molecular complexity index is 382. The topological polar surface area (TPSA) is 62.7 Å². The Hall–Kier alpha value is -1.70. The minimum Gasteiger partial charge on any atom is -0.384 e. The number of rotatable bonds is 2. The van der Waals surface area contributed by atoms with Crippen LogP contribution in [0.3, 0.4) is 0 Å². The molecule has 5 heteroatoms. The van der Waals surface area contributed by atoms with E-state index in [1.165, 1.54) is 13.0 Å². The second-order valence-electron chi connectivity index (χ2n) is 2.86. The van der Waals surface area contributed by atoms with Crippen molar-refractivity contribution in [1.82, 2.24) is 4.98 Å². The van der Waals surface area contributed by atoms with Crippen LogP contribution in [0.15, 0.2) is 6.07 Å². The van der Waals surface area contributed by atoms with E-state index in [-0.39, 0.29) is 23.5 Å². The molecule has 0 aromatic carbocycles. The summed E-state index contributed by atoms with van der Waals surface area (Å²) in [6, 6.07) is 3.16. The molecule has 0 bridgehead atoms. The van der Waals surface area contributed by atoms with Crippen LogP contribution in [0.5, 0.6) is 0 Å². The van der Waals surface area contributed by atoms with Gasteiger partial charge in [-0.15, -0.1) is 0 Å². The van der Waals surface area contributed by atoms with Crippen LogP contribution in [0.25, 0.3) is 0 Å². The number of nitriles is 1. The smallest absolute Gasteiger partial charge is 0.265 e. The van der Waals surface area contributed by atoms with Crippen molar-refractivity contribution in [2.45, 2.75) is 19.8 Å². The van der Waals surface area contributed by atoms with Crippen molar-refractivity contribution in [1.29, 1.82) is 5.26 Å². The predicted molar refractivity (Wildman–Crippen MR) is 47.7 cm³/mol. The number of pyridine rings is 1. The van der Waals surface area contributed by atoms with E-state index in [0.29, 0.717) is 5.56 Å². The number of nitrogens with two attached hydrogens (primary N) is 1. The van der Waals surface area contributed by atoms with E-state index in [4.69, 9.17) is 11.0 Å². The molecule has 0 saturated heterocycles. The first-order valence-electron chi connectivity index (χ1n) is 3.97. The fourth-order valence-corrected chi connectivity index (χ4v) is 1.28. The highest BCUT2D eigenvalue weighted by atomic mass is 19.3. The van der Waals surface area contributed by atoms with Gasteiger partial charge >= 0.3 is 0 Å². The van der Waals surface area contributed by atoms with Crippen LogP contribution in [-0.2, 0) is 6.42 Å². The molecule has 0 aliphatic heterocycles. The van der Waals surface area contributed by atoms with Crippen molar-refractivity contribution in [3.05, 3.63) is 22.9 Å². The maximum Gasteiger partial charge on any atom is 0.265 e. The van der Waals surface area contributed by atoms with Crippen molar-refractivity contribution in [3.63, 3.8) is 0 Å². The molecule has 1 aromatic rings. The number of aromatic nitrogens is 1. The van der Waals surface area contributed by atoms with E-state index < -0.39 is 6.43 Å². The van der Waals surface area contributed by atoms with Crippen LogP contribution in [-0.4, -0.2) is 4.98 Å². The monoisotopic (exact) mass is 197 g/mol. The predicted octanol–water partition coefficient (Wildman–Crippen LogP) is 1.98. The first-order valence-corrected chi connectivity index (χ1v) is 3.97. The molecule has 3 nitrogen and oxygen atoms in total. The molecule has 14 heavy (non-hydrogen) atoms. The minimum absolute atomic E-state index is 0.0694. The molecule has 0 aliphatic rings.